The number of rotatable bonds is 8. The first-order valence-electron chi connectivity index (χ1n) is 10.9. The summed E-state index contributed by atoms with van der Waals surface area (Å²) in [6.45, 7) is 4.10. The molecule has 4 rings (SSSR count). The van der Waals surface area contributed by atoms with E-state index in [0.29, 0.717) is 54.8 Å². The molecule has 1 N–H and O–H groups in total. The van der Waals surface area contributed by atoms with E-state index in [9.17, 15) is 9.59 Å². The van der Waals surface area contributed by atoms with Crippen LogP contribution >= 0.6 is 46.1 Å². The molecule has 0 aliphatic carbocycles. The zero-order valence-corrected chi connectivity index (χ0v) is 22.0. The molecule has 2 aromatic heterocycles. The average Bonchev–Trinajstić information content (AvgIpc) is 3.47. The van der Waals surface area contributed by atoms with Crippen LogP contribution in [0, 0.1) is 0 Å². The van der Waals surface area contributed by atoms with Gasteiger partial charge in [-0.1, -0.05) is 60.8 Å². The Morgan fingerprint density at radius 1 is 0.886 bits per heavy atom. The number of carbonyl (C=O) groups excluding carboxylic acids is 2. The van der Waals surface area contributed by atoms with Crippen molar-refractivity contribution in [2.24, 2.45) is 0 Å². The Kier molecular flexibility index (Phi) is 7.91. The monoisotopic (exact) mass is 546 g/mol. The molecule has 1 amide bonds. The van der Waals surface area contributed by atoms with Gasteiger partial charge in [-0.2, -0.15) is 0 Å². The van der Waals surface area contributed by atoms with Crippen LogP contribution in [0.4, 0.5) is 0 Å². The Balaban J connectivity index is 1.70. The summed E-state index contributed by atoms with van der Waals surface area (Å²) < 4.78 is 1.85. The highest BCUT2D eigenvalue weighted by molar-refractivity contribution is 7.15. The molecule has 2 heterocycles. The predicted octanol–water partition coefficient (Wildman–Crippen LogP) is 6.57. The number of nitrogens with one attached hydrogen (secondary N) is 1. The van der Waals surface area contributed by atoms with Gasteiger partial charge in [0.05, 0.1) is 27.2 Å². The lowest BCUT2D eigenvalue weighted by Crippen LogP contribution is -2.25. The average molecular weight is 548 g/mol. The zero-order chi connectivity index (χ0) is 25.1. The third-order valence-corrected chi connectivity index (χ3v) is 7.71. The van der Waals surface area contributed by atoms with Crippen molar-refractivity contribution >= 4 is 57.8 Å². The lowest BCUT2D eigenvalue weighted by Gasteiger charge is -2.11. The summed E-state index contributed by atoms with van der Waals surface area (Å²) in [5, 5.41) is 13.2. The second-order valence-corrected chi connectivity index (χ2v) is 9.96. The van der Waals surface area contributed by atoms with Gasteiger partial charge < -0.3 is 5.32 Å². The van der Waals surface area contributed by atoms with E-state index in [4.69, 9.17) is 34.8 Å². The van der Waals surface area contributed by atoms with Gasteiger partial charge in [-0.15, -0.1) is 21.5 Å². The first kappa shape index (κ1) is 25.4. The molecule has 180 valence electrons. The number of thiophene rings is 1. The number of ketones is 1. The van der Waals surface area contributed by atoms with Gasteiger partial charge in [-0.05, 0) is 42.8 Å². The molecule has 0 atom stereocenters. The molecule has 4 aromatic rings. The van der Waals surface area contributed by atoms with E-state index in [-0.39, 0.29) is 18.2 Å². The minimum absolute atomic E-state index is 0.102. The van der Waals surface area contributed by atoms with Crippen molar-refractivity contribution in [1.82, 2.24) is 20.1 Å². The van der Waals surface area contributed by atoms with Gasteiger partial charge in [0.2, 0.25) is 0 Å². The van der Waals surface area contributed by atoms with Gasteiger partial charge in [-0.25, -0.2) is 0 Å². The fraction of sp³-hybridized carbons (Fsp3) is 0.200. The van der Waals surface area contributed by atoms with Crippen LogP contribution in [0.1, 0.15) is 56.7 Å². The molecule has 0 unspecified atom stereocenters. The third kappa shape index (κ3) is 5.28. The Labute approximate surface area is 221 Å². The van der Waals surface area contributed by atoms with Gasteiger partial charge in [0, 0.05) is 22.4 Å². The van der Waals surface area contributed by atoms with Crippen molar-refractivity contribution in [3.05, 3.63) is 96.8 Å². The van der Waals surface area contributed by atoms with Gasteiger partial charge in [0.15, 0.2) is 11.6 Å². The maximum atomic E-state index is 13.5. The summed E-state index contributed by atoms with van der Waals surface area (Å²) in [4.78, 5) is 27.3. The lowest BCUT2D eigenvalue weighted by molar-refractivity contribution is 0.0948. The molecular formula is C25H21Cl3N4O2S. The molecule has 6 nitrogen and oxygen atoms in total. The van der Waals surface area contributed by atoms with Crippen molar-refractivity contribution in [3.8, 4) is 5.00 Å². The number of amides is 1. The minimum Gasteiger partial charge on any atom is -0.345 e. The van der Waals surface area contributed by atoms with Crippen LogP contribution in [0.15, 0.2) is 48.5 Å². The van der Waals surface area contributed by atoms with E-state index in [0.717, 1.165) is 11.3 Å². The van der Waals surface area contributed by atoms with Crippen LogP contribution in [-0.4, -0.2) is 26.5 Å². The smallest absolute Gasteiger partial charge is 0.251 e. The summed E-state index contributed by atoms with van der Waals surface area (Å²) in [6, 6.07) is 13.5. The van der Waals surface area contributed by atoms with E-state index < -0.39 is 0 Å². The quantitative estimate of drug-likeness (QED) is 0.253. The molecule has 0 aliphatic rings. The molecule has 0 radical (unpaired) electrons. The van der Waals surface area contributed by atoms with E-state index in [1.807, 2.05) is 24.5 Å². The number of aromatic nitrogens is 3. The fourth-order valence-corrected chi connectivity index (χ4v) is 5.21. The van der Waals surface area contributed by atoms with Crippen molar-refractivity contribution < 1.29 is 9.59 Å². The first-order valence-corrected chi connectivity index (χ1v) is 12.9. The molecule has 0 aliphatic heterocycles. The van der Waals surface area contributed by atoms with Crippen molar-refractivity contribution in [1.29, 1.82) is 0 Å². The van der Waals surface area contributed by atoms with E-state index in [2.05, 4.69) is 15.5 Å². The summed E-state index contributed by atoms with van der Waals surface area (Å²) in [7, 11) is 0. The molecular weight excluding hydrogens is 527 g/mol. The normalized spacial score (nSPS) is 11.0. The summed E-state index contributed by atoms with van der Waals surface area (Å²) in [6.07, 6.45) is 1.35. The maximum Gasteiger partial charge on any atom is 0.251 e. The highest BCUT2D eigenvalue weighted by atomic mass is 35.5. The van der Waals surface area contributed by atoms with Gasteiger partial charge in [0.25, 0.3) is 5.91 Å². The van der Waals surface area contributed by atoms with Crippen LogP contribution in [0.2, 0.25) is 15.1 Å². The van der Waals surface area contributed by atoms with E-state index in [1.54, 1.807) is 36.4 Å². The first-order chi connectivity index (χ1) is 16.8. The Morgan fingerprint density at radius 3 is 2.31 bits per heavy atom. The summed E-state index contributed by atoms with van der Waals surface area (Å²) >= 11 is 19.8. The second kappa shape index (κ2) is 10.9. The highest BCUT2D eigenvalue weighted by Crippen LogP contribution is 2.32. The summed E-state index contributed by atoms with van der Waals surface area (Å²) in [5.74, 6) is 0.682. The fourth-order valence-electron chi connectivity index (χ4n) is 3.56. The van der Waals surface area contributed by atoms with Crippen molar-refractivity contribution in [3.63, 3.8) is 0 Å². The molecule has 0 saturated heterocycles. The van der Waals surface area contributed by atoms with Gasteiger partial charge in [0.1, 0.15) is 10.8 Å². The molecule has 2 aromatic carbocycles. The number of hydrogen-bond donors (Lipinski definition) is 1. The number of benzene rings is 2. The second-order valence-electron chi connectivity index (χ2n) is 7.63. The van der Waals surface area contributed by atoms with Crippen LogP contribution in [0.25, 0.3) is 5.00 Å². The predicted molar refractivity (Wildman–Crippen MR) is 141 cm³/mol. The van der Waals surface area contributed by atoms with Crippen molar-refractivity contribution in [2.45, 2.75) is 33.2 Å². The topological polar surface area (TPSA) is 76.9 Å². The molecule has 0 fully saturated rings. The standard InChI is InChI=1S/C25H21Cl3N4O2S/c1-3-15-12-17(23(33)16-7-5-6-8-18(16)26)25(35-15)32-21(4-2)30-31-22(32)13-29-24(34)14-9-10-19(27)20(28)11-14/h5-12H,3-4,13H2,1-2H3,(H,29,34). The third-order valence-electron chi connectivity index (χ3n) is 5.38. The molecule has 35 heavy (non-hydrogen) atoms. The van der Waals surface area contributed by atoms with E-state index >= 15 is 0 Å². The number of halogens is 3. The number of carbonyl (C=O) groups is 2. The molecule has 0 spiro atoms. The van der Waals surface area contributed by atoms with Crippen LogP contribution < -0.4 is 5.32 Å². The Hall–Kier alpha value is -2.71. The molecule has 0 saturated carbocycles. The lowest BCUT2D eigenvalue weighted by atomic mass is 10.0. The maximum absolute atomic E-state index is 13.5. The number of hydrogen-bond acceptors (Lipinski definition) is 5. The van der Waals surface area contributed by atoms with Crippen molar-refractivity contribution in [2.75, 3.05) is 0 Å². The van der Waals surface area contributed by atoms with Gasteiger partial charge >= 0.3 is 0 Å². The van der Waals surface area contributed by atoms with Crippen LogP contribution in [0.5, 0.6) is 0 Å². The Bertz CT molecular complexity index is 1410. The Morgan fingerprint density at radius 2 is 1.63 bits per heavy atom. The largest absolute Gasteiger partial charge is 0.345 e. The zero-order valence-electron chi connectivity index (χ0n) is 18.9. The van der Waals surface area contributed by atoms with Crippen LogP contribution in [0.3, 0.4) is 0 Å². The number of aryl methyl sites for hydroxylation is 2. The molecule has 0 bridgehead atoms. The van der Waals surface area contributed by atoms with Crippen LogP contribution in [-0.2, 0) is 19.4 Å². The van der Waals surface area contributed by atoms with Gasteiger partial charge in [-0.3, -0.25) is 14.2 Å². The summed E-state index contributed by atoms with van der Waals surface area (Å²) in [5.41, 5.74) is 1.32. The highest BCUT2D eigenvalue weighted by Gasteiger charge is 2.24. The number of nitrogens with zero attached hydrogens (tertiary/aromatic N) is 3. The minimum atomic E-state index is -0.330. The SMILES string of the molecule is CCc1cc(C(=O)c2ccccc2Cl)c(-n2c(CC)nnc2CNC(=O)c2ccc(Cl)c(Cl)c2)s1. The molecule has 10 heteroatoms. The van der Waals surface area contributed by atoms with E-state index in [1.165, 1.54) is 17.4 Å².